The highest BCUT2D eigenvalue weighted by Gasteiger charge is 2.16. The van der Waals surface area contributed by atoms with Gasteiger partial charge in [-0.25, -0.2) is 10.9 Å². The molecule has 0 amide bonds. The van der Waals surface area contributed by atoms with Gasteiger partial charge in [-0.15, -0.1) is 0 Å². The quantitative estimate of drug-likeness (QED) is 0.252. The molecular weight excluding hydrogens is 140 g/mol. The van der Waals surface area contributed by atoms with Crippen LogP contribution in [0, 0.1) is 5.92 Å². The van der Waals surface area contributed by atoms with Gasteiger partial charge in [0.2, 0.25) is 0 Å². The van der Waals surface area contributed by atoms with Crippen LogP contribution in [-0.4, -0.2) is 12.7 Å². The Labute approximate surface area is 67.9 Å². The van der Waals surface area contributed by atoms with Gasteiger partial charge in [-0.2, -0.15) is 0 Å². The highest BCUT2D eigenvalue weighted by Crippen LogP contribution is 2.24. The van der Waals surface area contributed by atoms with Crippen LogP contribution in [0.3, 0.4) is 0 Å². The third-order valence-corrected chi connectivity index (χ3v) is 2.18. The molecule has 0 aromatic rings. The fourth-order valence-corrected chi connectivity index (χ4v) is 1.09. The second-order valence-electron chi connectivity index (χ2n) is 3.21. The minimum atomic E-state index is 0.134. The van der Waals surface area contributed by atoms with Crippen LogP contribution < -0.4 is 22.1 Å². The molecule has 0 radical (unpaired) electrons. The van der Waals surface area contributed by atoms with Crippen molar-refractivity contribution in [3.8, 4) is 0 Å². The van der Waals surface area contributed by atoms with Crippen molar-refractivity contribution in [1.29, 1.82) is 0 Å². The average Bonchev–Trinajstić information content (AvgIpc) is 1.94. The molecule has 0 saturated heterocycles. The van der Waals surface area contributed by atoms with Crippen molar-refractivity contribution < 1.29 is 0 Å². The van der Waals surface area contributed by atoms with E-state index in [1.807, 2.05) is 6.92 Å². The lowest BCUT2D eigenvalue weighted by Gasteiger charge is -2.26. The Morgan fingerprint density at radius 1 is 1.55 bits per heavy atom. The minimum Gasteiger partial charge on any atom is -0.270 e. The molecule has 0 aliphatic heterocycles. The van der Waals surface area contributed by atoms with Gasteiger partial charge in [0, 0.05) is 6.54 Å². The Hall–Kier alpha value is -0.160. The molecule has 11 heavy (non-hydrogen) atoms. The predicted molar refractivity (Wildman–Crippen MR) is 45.3 cm³/mol. The van der Waals surface area contributed by atoms with E-state index in [4.69, 9.17) is 5.84 Å². The van der Waals surface area contributed by atoms with E-state index in [9.17, 15) is 0 Å². The maximum atomic E-state index is 5.18. The molecule has 1 fully saturated rings. The molecule has 66 valence electrons. The van der Waals surface area contributed by atoms with Crippen molar-refractivity contribution in [2.45, 2.75) is 32.4 Å². The topological polar surface area (TPSA) is 62.1 Å². The van der Waals surface area contributed by atoms with Gasteiger partial charge in [0.05, 0.1) is 6.17 Å². The van der Waals surface area contributed by atoms with Gasteiger partial charge in [0.15, 0.2) is 0 Å². The van der Waals surface area contributed by atoms with Crippen LogP contribution in [0.4, 0.5) is 0 Å². The molecule has 0 aromatic carbocycles. The Kier molecular flexibility index (Phi) is 3.79. The molecule has 0 spiro atoms. The molecule has 4 nitrogen and oxygen atoms in total. The smallest absolute Gasteiger partial charge is 0.0801 e. The van der Waals surface area contributed by atoms with Crippen molar-refractivity contribution in [3.05, 3.63) is 0 Å². The molecule has 5 N–H and O–H groups in total. The standard InChI is InChI=1S/C7H18N4/c1-6(10-8)11-9-5-7-3-2-4-7/h6-7,9-11H,2-5,8H2,1H3. The summed E-state index contributed by atoms with van der Waals surface area (Å²) in [5.74, 6) is 6.06. The summed E-state index contributed by atoms with van der Waals surface area (Å²) in [6.45, 7) is 3.03. The summed E-state index contributed by atoms with van der Waals surface area (Å²) in [6.07, 6.45) is 4.28. The maximum absolute atomic E-state index is 5.18. The van der Waals surface area contributed by atoms with Crippen molar-refractivity contribution in [3.63, 3.8) is 0 Å². The van der Waals surface area contributed by atoms with Crippen molar-refractivity contribution in [2.75, 3.05) is 6.54 Å². The number of nitrogens with two attached hydrogens (primary N) is 1. The lowest BCUT2D eigenvalue weighted by Crippen LogP contribution is -2.51. The number of nitrogens with one attached hydrogen (secondary N) is 3. The molecule has 0 bridgehead atoms. The van der Waals surface area contributed by atoms with Crippen LogP contribution in [-0.2, 0) is 0 Å². The van der Waals surface area contributed by atoms with Gasteiger partial charge < -0.3 is 0 Å². The summed E-state index contributed by atoms with van der Waals surface area (Å²) < 4.78 is 0. The molecule has 0 heterocycles. The number of rotatable bonds is 5. The van der Waals surface area contributed by atoms with E-state index in [0.717, 1.165) is 12.5 Å². The van der Waals surface area contributed by atoms with E-state index < -0.39 is 0 Å². The Morgan fingerprint density at radius 3 is 2.73 bits per heavy atom. The van der Waals surface area contributed by atoms with Crippen molar-refractivity contribution >= 4 is 0 Å². The first-order chi connectivity index (χ1) is 5.33. The second kappa shape index (κ2) is 4.66. The number of hydrazine groups is 2. The van der Waals surface area contributed by atoms with E-state index in [1.54, 1.807) is 0 Å². The zero-order valence-corrected chi connectivity index (χ0v) is 7.06. The molecule has 1 aliphatic carbocycles. The summed E-state index contributed by atoms with van der Waals surface area (Å²) >= 11 is 0. The zero-order valence-electron chi connectivity index (χ0n) is 7.06. The molecule has 1 aliphatic rings. The molecule has 1 atom stereocenters. The first-order valence-electron chi connectivity index (χ1n) is 4.27. The number of hydrogen-bond acceptors (Lipinski definition) is 4. The van der Waals surface area contributed by atoms with Crippen LogP contribution in [0.25, 0.3) is 0 Å². The van der Waals surface area contributed by atoms with Crippen LogP contribution in [0.1, 0.15) is 26.2 Å². The molecule has 1 unspecified atom stereocenters. The largest absolute Gasteiger partial charge is 0.270 e. The summed E-state index contributed by atoms with van der Waals surface area (Å²) in [6, 6.07) is 0. The lowest BCUT2D eigenvalue weighted by atomic mass is 9.86. The minimum absolute atomic E-state index is 0.134. The summed E-state index contributed by atoms with van der Waals surface area (Å²) in [4.78, 5) is 0. The van der Waals surface area contributed by atoms with Crippen molar-refractivity contribution in [1.82, 2.24) is 16.3 Å². The molecular formula is C7H18N4. The SMILES string of the molecule is CC(NN)NNCC1CCC1. The van der Waals surface area contributed by atoms with Gasteiger partial charge in [-0.3, -0.25) is 11.3 Å². The average molecular weight is 158 g/mol. The third kappa shape index (κ3) is 3.16. The summed E-state index contributed by atoms with van der Waals surface area (Å²) in [7, 11) is 0. The van der Waals surface area contributed by atoms with E-state index in [0.29, 0.717) is 0 Å². The Morgan fingerprint density at radius 2 is 2.27 bits per heavy atom. The van der Waals surface area contributed by atoms with Crippen LogP contribution in [0.5, 0.6) is 0 Å². The summed E-state index contributed by atoms with van der Waals surface area (Å²) in [5, 5.41) is 0. The summed E-state index contributed by atoms with van der Waals surface area (Å²) in [5.41, 5.74) is 8.79. The highest BCUT2D eigenvalue weighted by atomic mass is 15.5. The van der Waals surface area contributed by atoms with E-state index in [2.05, 4.69) is 16.3 Å². The lowest BCUT2D eigenvalue weighted by molar-refractivity contribution is 0.272. The van der Waals surface area contributed by atoms with Gasteiger partial charge in [-0.05, 0) is 25.7 Å². The third-order valence-electron chi connectivity index (χ3n) is 2.18. The van der Waals surface area contributed by atoms with E-state index in [1.165, 1.54) is 19.3 Å². The van der Waals surface area contributed by atoms with E-state index >= 15 is 0 Å². The predicted octanol–water partition coefficient (Wildman–Crippen LogP) is -0.310. The first kappa shape index (κ1) is 8.93. The first-order valence-corrected chi connectivity index (χ1v) is 4.27. The molecule has 1 saturated carbocycles. The van der Waals surface area contributed by atoms with Gasteiger partial charge in [0.25, 0.3) is 0 Å². The fourth-order valence-electron chi connectivity index (χ4n) is 1.09. The van der Waals surface area contributed by atoms with Crippen molar-refractivity contribution in [2.24, 2.45) is 11.8 Å². The monoisotopic (exact) mass is 158 g/mol. The van der Waals surface area contributed by atoms with Crippen LogP contribution in [0.2, 0.25) is 0 Å². The van der Waals surface area contributed by atoms with Gasteiger partial charge >= 0.3 is 0 Å². The molecule has 4 heteroatoms. The Bertz CT molecular complexity index is 97.9. The van der Waals surface area contributed by atoms with Gasteiger partial charge in [-0.1, -0.05) is 6.42 Å². The molecule has 1 rings (SSSR count). The van der Waals surface area contributed by atoms with Crippen LogP contribution >= 0.6 is 0 Å². The normalized spacial score (nSPS) is 21.3. The van der Waals surface area contributed by atoms with E-state index in [-0.39, 0.29) is 6.17 Å². The van der Waals surface area contributed by atoms with Gasteiger partial charge in [0.1, 0.15) is 0 Å². The maximum Gasteiger partial charge on any atom is 0.0801 e. The molecule has 0 aromatic heterocycles. The fraction of sp³-hybridized carbons (Fsp3) is 1.00. The number of hydrogen-bond donors (Lipinski definition) is 4. The second-order valence-corrected chi connectivity index (χ2v) is 3.21. The zero-order chi connectivity index (χ0) is 8.10. The van der Waals surface area contributed by atoms with Crippen LogP contribution in [0.15, 0.2) is 0 Å². The highest BCUT2D eigenvalue weighted by molar-refractivity contribution is 4.70. The Balaban J connectivity index is 1.86.